The highest BCUT2D eigenvalue weighted by molar-refractivity contribution is 6.03. The number of hydrogen-bond acceptors (Lipinski definition) is 5. The van der Waals surface area contributed by atoms with E-state index < -0.39 is 0 Å². The number of halogens is 1. The van der Waals surface area contributed by atoms with E-state index in [1.165, 1.54) is 17.7 Å². The van der Waals surface area contributed by atoms with Gasteiger partial charge in [-0.3, -0.25) is 4.79 Å². The second-order valence-corrected chi connectivity index (χ2v) is 8.66. The summed E-state index contributed by atoms with van der Waals surface area (Å²) >= 11 is 0. The maximum atomic E-state index is 13.4. The van der Waals surface area contributed by atoms with Gasteiger partial charge in [0.1, 0.15) is 17.4 Å². The standard InChI is InChI=1S/C27H32FN3O3/c1-3-34-24-9-7-21(8-10-24)26-19(2)15-23(30-27(26)31-11-13-33-14-12-31)17-25(32)29-18-20-5-4-6-22(28)16-20/h4-10,16,19H,3,11-15,17-18H2,1-2H3,(H,29,32). The SMILES string of the molecule is CCOc1ccc(C2=C(N3CCOCC3)N=C(CC(=O)NCc3cccc(F)c3)CC2C)cc1. The fourth-order valence-corrected chi connectivity index (χ4v) is 4.47. The Bertz CT molecular complexity index is 1060. The van der Waals surface area contributed by atoms with Crippen molar-refractivity contribution in [1.82, 2.24) is 10.2 Å². The molecular weight excluding hydrogens is 433 g/mol. The van der Waals surface area contributed by atoms with Gasteiger partial charge in [0.2, 0.25) is 5.91 Å². The zero-order valence-corrected chi connectivity index (χ0v) is 19.9. The predicted octanol–water partition coefficient (Wildman–Crippen LogP) is 4.41. The Morgan fingerprint density at radius 1 is 1.21 bits per heavy atom. The van der Waals surface area contributed by atoms with Crippen LogP contribution >= 0.6 is 0 Å². The van der Waals surface area contributed by atoms with Crippen molar-refractivity contribution in [3.05, 3.63) is 71.3 Å². The van der Waals surface area contributed by atoms with Crippen molar-refractivity contribution >= 4 is 17.2 Å². The minimum atomic E-state index is -0.306. The lowest BCUT2D eigenvalue weighted by molar-refractivity contribution is -0.120. The molecule has 1 N–H and O–H groups in total. The molecule has 0 radical (unpaired) electrons. The van der Waals surface area contributed by atoms with Gasteiger partial charge in [-0.05, 0) is 54.7 Å². The van der Waals surface area contributed by atoms with Crippen LogP contribution in [0.1, 0.15) is 37.8 Å². The lowest BCUT2D eigenvalue weighted by Crippen LogP contribution is -2.37. The van der Waals surface area contributed by atoms with Gasteiger partial charge in [-0.2, -0.15) is 0 Å². The average Bonchev–Trinajstić information content (AvgIpc) is 2.84. The van der Waals surface area contributed by atoms with E-state index in [9.17, 15) is 9.18 Å². The highest BCUT2D eigenvalue weighted by atomic mass is 19.1. The summed E-state index contributed by atoms with van der Waals surface area (Å²) in [5, 5.41) is 2.89. The molecule has 4 rings (SSSR count). The van der Waals surface area contributed by atoms with Gasteiger partial charge in [-0.1, -0.05) is 31.2 Å². The highest BCUT2D eigenvalue weighted by Crippen LogP contribution is 2.36. The minimum absolute atomic E-state index is 0.110. The van der Waals surface area contributed by atoms with E-state index >= 15 is 0 Å². The largest absolute Gasteiger partial charge is 0.494 e. The van der Waals surface area contributed by atoms with Gasteiger partial charge in [0, 0.05) is 30.9 Å². The molecule has 1 saturated heterocycles. The lowest BCUT2D eigenvalue weighted by Gasteiger charge is -2.35. The summed E-state index contributed by atoms with van der Waals surface area (Å²) in [5.74, 6) is 1.57. The molecule has 2 aromatic rings. The number of nitrogens with zero attached hydrogens (tertiary/aromatic N) is 2. The van der Waals surface area contributed by atoms with E-state index in [-0.39, 0.29) is 24.1 Å². The first-order valence-corrected chi connectivity index (χ1v) is 11.9. The predicted molar refractivity (Wildman–Crippen MR) is 131 cm³/mol. The number of nitrogens with one attached hydrogen (secondary N) is 1. The van der Waals surface area contributed by atoms with Crippen molar-refractivity contribution in [3.8, 4) is 5.75 Å². The molecule has 1 fully saturated rings. The third kappa shape index (κ3) is 6.03. The monoisotopic (exact) mass is 465 g/mol. The highest BCUT2D eigenvalue weighted by Gasteiger charge is 2.28. The molecule has 2 heterocycles. The first kappa shape index (κ1) is 24.0. The van der Waals surface area contributed by atoms with Crippen LogP contribution in [0.25, 0.3) is 5.57 Å². The summed E-state index contributed by atoms with van der Waals surface area (Å²) in [5.41, 5.74) is 3.91. The first-order valence-electron chi connectivity index (χ1n) is 11.9. The van der Waals surface area contributed by atoms with Gasteiger partial charge < -0.3 is 19.7 Å². The quantitative estimate of drug-likeness (QED) is 0.627. The number of aliphatic imine (C=N–C) groups is 1. The van der Waals surface area contributed by atoms with Crippen LogP contribution in [0.5, 0.6) is 5.75 Å². The Morgan fingerprint density at radius 2 is 1.97 bits per heavy atom. The maximum absolute atomic E-state index is 13.4. The molecule has 0 saturated carbocycles. The zero-order valence-electron chi connectivity index (χ0n) is 19.9. The van der Waals surface area contributed by atoms with Crippen molar-refractivity contribution in [1.29, 1.82) is 0 Å². The Balaban J connectivity index is 1.54. The summed E-state index contributed by atoms with van der Waals surface area (Å²) < 4.78 is 24.6. The second kappa shape index (κ2) is 11.3. The summed E-state index contributed by atoms with van der Waals surface area (Å²) in [6.07, 6.45) is 0.938. The number of rotatable bonds is 8. The van der Waals surface area contributed by atoms with Crippen molar-refractivity contribution in [2.24, 2.45) is 10.9 Å². The van der Waals surface area contributed by atoms with E-state index in [4.69, 9.17) is 14.5 Å². The molecule has 2 aromatic carbocycles. The van der Waals surface area contributed by atoms with E-state index in [2.05, 4.69) is 29.3 Å². The van der Waals surface area contributed by atoms with Gasteiger partial charge in [-0.25, -0.2) is 9.38 Å². The van der Waals surface area contributed by atoms with Gasteiger partial charge in [0.25, 0.3) is 0 Å². The molecule has 1 unspecified atom stereocenters. The van der Waals surface area contributed by atoms with E-state index in [0.717, 1.165) is 41.5 Å². The molecule has 2 aliphatic heterocycles. The number of benzene rings is 2. The zero-order chi connectivity index (χ0) is 23.9. The Morgan fingerprint density at radius 3 is 2.68 bits per heavy atom. The van der Waals surface area contributed by atoms with E-state index in [1.807, 2.05) is 19.1 Å². The van der Waals surface area contributed by atoms with Gasteiger partial charge >= 0.3 is 0 Å². The number of amides is 1. The Labute approximate surface area is 200 Å². The fraction of sp³-hybridized carbons (Fsp3) is 0.407. The van der Waals surface area contributed by atoms with Crippen LogP contribution in [0.2, 0.25) is 0 Å². The summed E-state index contributed by atoms with van der Waals surface area (Å²) in [6, 6.07) is 14.4. The number of morpholine rings is 1. The number of hydrogen-bond donors (Lipinski definition) is 1. The summed E-state index contributed by atoms with van der Waals surface area (Å²) in [7, 11) is 0. The van der Waals surface area contributed by atoms with Crippen molar-refractivity contribution in [3.63, 3.8) is 0 Å². The van der Waals surface area contributed by atoms with Gasteiger partial charge in [0.05, 0.1) is 26.2 Å². The van der Waals surface area contributed by atoms with Crippen LogP contribution in [0.3, 0.4) is 0 Å². The number of ether oxygens (including phenoxy) is 2. The van der Waals surface area contributed by atoms with Crippen molar-refractivity contribution < 1.29 is 18.7 Å². The van der Waals surface area contributed by atoms with Gasteiger partial charge in [-0.15, -0.1) is 0 Å². The van der Waals surface area contributed by atoms with Gasteiger partial charge in [0.15, 0.2) is 0 Å². The molecule has 0 aromatic heterocycles. The third-order valence-corrected chi connectivity index (χ3v) is 6.07. The maximum Gasteiger partial charge on any atom is 0.225 e. The molecule has 6 nitrogen and oxygen atoms in total. The first-order chi connectivity index (χ1) is 16.5. The molecule has 2 aliphatic rings. The molecule has 0 aliphatic carbocycles. The van der Waals surface area contributed by atoms with Crippen LogP contribution in [0.15, 0.2) is 59.3 Å². The van der Waals surface area contributed by atoms with Crippen molar-refractivity contribution in [2.45, 2.75) is 33.2 Å². The molecule has 0 bridgehead atoms. The topological polar surface area (TPSA) is 63.2 Å². The van der Waals surface area contributed by atoms with E-state index in [1.54, 1.807) is 12.1 Å². The second-order valence-electron chi connectivity index (χ2n) is 8.66. The number of carbonyl (C=O) groups excluding carboxylic acids is 1. The molecule has 7 heteroatoms. The molecule has 34 heavy (non-hydrogen) atoms. The molecular formula is C27H32FN3O3. The van der Waals surface area contributed by atoms with Crippen LogP contribution in [-0.2, 0) is 16.1 Å². The molecule has 1 atom stereocenters. The Kier molecular flexibility index (Phi) is 7.95. The van der Waals surface area contributed by atoms with Crippen LogP contribution in [-0.4, -0.2) is 49.4 Å². The molecule has 180 valence electrons. The fourth-order valence-electron chi connectivity index (χ4n) is 4.47. The Hall–Kier alpha value is -3.19. The number of carbonyl (C=O) groups is 1. The number of allylic oxidation sites excluding steroid dienone is 1. The van der Waals surface area contributed by atoms with E-state index in [0.29, 0.717) is 32.8 Å². The normalized spacial score (nSPS) is 18.5. The minimum Gasteiger partial charge on any atom is -0.494 e. The summed E-state index contributed by atoms with van der Waals surface area (Å²) in [6.45, 7) is 7.94. The van der Waals surface area contributed by atoms with Crippen LogP contribution < -0.4 is 10.1 Å². The molecule has 0 spiro atoms. The van der Waals surface area contributed by atoms with Crippen molar-refractivity contribution in [2.75, 3.05) is 32.9 Å². The third-order valence-electron chi connectivity index (χ3n) is 6.07. The average molecular weight is 466 g/mol. The summed E-state index contributed by atoms with van der Waals surface area (Å²) in [4.78, 5) is 19.9. The molecule has 1 amide bonds. The van der Waals surface area contributed by atoms with Crippen LogP contribution in [0.4, 0.5) is 4.39 Å². The lowest BCUT2D eigenvalue weighted by atomic mass is 9.86. The smallest absolute Gasteiger partial charge is 0.225 e. The van der Waals surface area contributed by atoms with Crippen LogP contribution in [0, 0.1) is 11.7 Å².